The number of benzene rings is 2. The standard InChI is InChI=1S/C15H13NOS/c16-15(18)11-7-4-8-13-12(11)9-14(17-13)10-5-2-1-3-6-10/h1-8,14H,9H2,(H2,16,18)/t14-/m0/s1. The molecule has 0 aliphatic carbocycles. The summed E-state index contributed by atoms with van der Waals surface area (Å²) in [6.07, 6.45) is 0.893. The molecule has 0 fully saturated rings. The summed E-state index contributed by atoms with van der Waals surface area (Å²) in [6.45, 7) is 0. The van der Waals surface area contributed by atoms with Crippen LogP contribution in [0.1, 0.15) is 22.8 Å². The highest BCUT2D eigenvalue weighted by Crippen LogP contribution is 2.38. The second-order valence-corrected chi connectivity index (χ2v) is 4.81. The van der Waals surface area contributed by atoms with Crippen LogP contribution in [0.4, 0.5) is 0 Å². The van der Waals surface area contributed by atoms with Gasteiger partial charge in [-0.2, -0.15) is 0 Å². The highest BCUT2D eigenvalue weighted by Gasteiger charge is 2.26. The smallest absolute Gasteiger partial charge is 0.128 e. The van der Waals surface area contributed by atoms with Crippen LogP contribution in [0.5, 0.6) is 5.75 Å². The molecule has 1 atom stereocenters. The average molecular weight is 255 g/mol. The Hall–Kier alpha value is -1.87. The monoisotopic (exact) mass is 255 g/mol. The Bertz CT molecular complexity index is 595. The van der Waals surface area contributed by atoms with Crippen LogP contribution < -0.4 is 10.5 Å². The van der Waals surface area contributed by atoms with E-state index in [0.29, 0.717) is 4.99 Å². The zero-order chi connectivity index (χ0) is 12.5. The lowest BCUT2D eigenvalue weighted by atomic mass is 10.00. The minimum absolute atomic E-state index is 0.0664. The minimum Gasteiger partial charge on any atom is -0.485 e. The van der Waals surface area contributed by atoms with Crippen molar-refractivity contribution in [1.29, 1.82) is 0 Å². The fourth-order valence-electron chi connectivity index (χ4n) is 2.35. The van der Waals surface area contributed by atoms with Gasteiger partial charge in [-0.05, 0) is 11.6 Å². The molecule has 3 rings (SSSR count). The second kappa shape index (κ2) is 4.42. The van der Waals surface area contributed by atoms with E-state index < -0.39 is 0 Å². The van der Waals surface area contributed by atoms with E-state index in [2.05, 4.69) is 12.1 Å². The van der Waals surface area contributed by atoms with Crippen LogP contribution in [0.3, 0.4) is 0 Å². The Balaban J connectivity index is 1.97. The summed E-state index contributed by atoms with van der Waals surface area (Å²) in [5.74, 6) is 0.897. The number of nitrogens with two attached hydrogens (primary N) is 1. The van der Waals surface area contributed by atoms with Crippen LogP contribution in [-0.2, 0) is 6.42 Å². The number of hydrogen-bond donors (Lipinski definition) is 1. The van der Waals surface area contributed by atoms with Gasteiger partial charge in [0.2, 0.25) is 0 Å². The molecule has 2 N–H and O–H groups in total. The molecule has 0 aromatic heterocycles. The predicted molar refractivity (Wildman–Crippen MR) is 75.8 cm³/mol. The number of ether oxygens (including phenoxy) is 1. The van der Waals surface area contributed by atoms with Crippen molar-refractivity contribution < 1.29 is 4.74 Å². The fourth-order valence-corrected chi connectivity index (χ4v) is 2.54. The molecule has 0 spiro atoms. The maximum absolute atomic E-state index is 5.97. The molecular formula is C15H13NOS. The van der Waals surface area contributed by atoms with Gasteiger partial charge in [-0.1, -0.05) is 54.7 Å². The summed E-state index contributed by atoms with van der Waals surface area (Å²) in [5.41, 5.74) is 8.99. The molecule has 0 saturated heterocycles. The van der Waals surface area contributed by atoms with Gasteiger partial charge in [0, 0.05) is 17.5 Å². The zero-order valence-electron chi connectivity index (χ0n) is 9.80. The average Bonchev–Trinajstić information content (AvgIpc) is 2.83. The number of hydrogen-bond acceptors (Lipinski definition) is 2. The van der Waals surface area contributed by atoms with E-state index in [-0.39, 0.29) is 6.10 Å². The summed E-state index contributed by atoms with van der Waals surface area (Å²) >= 11 is 5.08. The van der Waals surface area contributed by atoms with Crippen LogP contribution in [0.25, 0.3) is 0 Å². The Morgan fingerprint density at radius 1 is 1.11 bits per heavy atom. The first-order valence-corrected chi connectivity index (χ1v) is 6.30. The van der Waals surface area contributed by atoms with E-state index >= 15 is 0 Å². The van der Waals surface area contributed by atoms with Crippen molar-refractivity contribution in [3.8, 4) is 5.75 Å². The lowest BCUT2D eigenvalue weighted by Crippen LogP contribution is -2.11. The quantitative estimate of drug-likeness (QED) is 0.838. The molecule has 90 valence electrons. The minimum atomic E-state index is 0.0664. The summed E-state index contributed by atoms with van der Waals surface area (Å²) in [7, 11) is 0. The molecule has 0 bridgehead atoms. The molecule has 0 radical (unpaired) electrons. The van der Waals surface area contributed by atoms with Crippen LogP contribution in [0.2, 0.25) is 0 Å². The van der Waals surface area contributed by atoms with E-state index in [9.17, 15) is 0 Å². The van der Waals surface area contributed by atoms with Crippen molar-refractivity contribution >= 4 is 17.2 Å². The Morgan fingerprint density at radius 2 is 1.89 bits per heavy atom. The molecule has 2 aromatic carbocycles. The number of rotatable bonds is 2. The second-order valence-electron chi connectivity index (χ2n) is 4.37. The predicted octanol–water partition coefficient (Wildman–Crippen LogP) is 3.00. The van der Waals surface area contributed by atoms with Crippen LogP contribution in [0, 0.1) is 0 Å². The van der Waals surface area contributed by atoms with Gasteiger partial charge in [0.15, 0.2) is 0 Å². The van der Waals surface area contributed by atoms with Gasteiger partial charge in [-0.25, -0.2) is 0 Å². The zero-order valence-corrected chi connectivity index (χ0v) is 10.6. The summed E-state index contributed by atoms with van der Waals surface area (Å²) in [4.78, 5) is 0.434. The Morgan fingerprint density at radius 3 is 2.61 bits per heavy atom. The maximum atomic E-state index is 5.97. The topological polar surface area (TPSA) is 35.2 Å². The SMILES string of the molecule is NC(=S)c1cccc2c1C[C@@H](c1ccccc1)O2. The van der Waals surface area contributed by atoms with Crippen LogP contribution >= 0.6 is 12.2 Å². The first kappa shape index (κ1) is 11.2. The summed E-state index contributed by atoms with van der Waals surface area (Å²) in [5, 5.41) is 0. The lowest BCUT2D eigenvalue weighted by Gasteiger charge is -2.10. The van der Waals surface area contributed by atoms with Crippen LogP contribution in [-0.4, -0.2) is 4.99 Å². The van der Waals surface area contributed by atoms with E-state index in [0.717, 1.165) is 23.3 Å². The molecule has 3 heteroatoms. The molecule has 2 aromatic rings. The van der Waals surface area contributed by atoms with E-state index in [1.54, 1.807) is 0 Å². The van der Waals surface area contributed by atoms with Crippen molar-refractivity contribution in [3.05, 3.63) is 65.2 Å². The van der Waals surface area contributed by atoms with Gasteiger partial charge < -0.3 is 10.5 Å². The molecule has 1 aliphatic rings. The van der Waals surface area contributed by atoms with Crippen LogP contribution in [0.15, 0.2) is 48.5 Å². The van der Waals surface area contributed by atoms with E-state index in [1.165, 1.54) is 5.56 Å². The molecule has 0 unspecified atom stereocenters. The third kappa shape index (κ3) is 1.87. The van der Waals surface area contributed by atoms with Gasteiger partial charge in [0.1, 0.15) is 16.8 Å². The third-order valence-electron chi connectivity index (χ3n) is 3.23. The molecule has 18 heavy (non-hydrogen) atoms. The molecule has 1 aliphatic heterocycles. The van der Waals surface area contributed by atoms with Gasteiger partial charge >= 0.3 is 0 Å². The van der Waals surface area contributed by atoms with Crippen molar-refractivity contribution in [2.75, 3.05) is 0 Å². The van der Waals surface area contributed by atoms with Crippen molar-refractivity contribution in [3.63, 3.8) is 0 Å². The molecule has 1 heterocycles. The number of thiocarbonyl (C=S) groups is 1. The summed E-state index contributed by atoms with van der Waals surface area (Å²) < 4.78 is 5.97. The van der Waals surface area contributed by atoms with Crippen molar-refractivity contribution in [2.24, 2.45) is 5.73 Å². The molecular weight excluding hydrogens is 242 g/mol. The van der Waals surface area contributed by atoms with E-state index in [1.807, 2.05) is 36.4 Å². The van der Waals surface area contributed by atoms with Gasteiger partial charge in [-0.15, -0.1) is 0 Å². The largest absolute Gasteiger partial charge is 0.485 e. The molecule has 0 saturated carbocycles. The van der Waals surface area contributed by atoms with Crippen molar-refractivity contribution in [2.45, 2.75) is 12.5 Å². The highest BCUT2D eigenvalue weighted by molar-refractivity contribution is 7.80. The first-order valence-electron chi connectivity index (χ1n) is 5.89. The summed E-state index contributed by atoms with van der Waals surface area (Å²) in [6, 6.07) is 16.1. The number of fused-ring (bicyclic) bond motifs is 1. The Labute approximate surface area is 111 Å². The maximum Gasteiger partial charge on any atom is 0.128 e. The van der Waals surface area contributed by atoms with Gasteiger partial charge in [-0.3, -0.25) is 0 Å². The lowest BCUT2D eigenvalue weighted by molar-refractivity contribution is 0.238. The van der Waals surface area contributed by atoms with E-state index in [4.69, 9.17) is 22.7 Å². The fraction of sp³-hybridized carbons (Fsp3) is 0.133. The normalized spacial score (nSPS) is 17.0. The molecule has 2 nitrogen and oxygen atoms in total. The first-order chi connectivity index (χ1) is 8.75. The van der Waals surface area contributed by atoms with Gasteiger partial charge in [0.05, 0.1) is 0 Å². The van der Waals surface area contributed by atoms with Gasteiger partial charge in [0.25, 0.3) is 0 Å². The third-order valence-corrected chi connectivity index (χ3v) is 3.45. The molecule has 0 amide bonds. The Kier molecular flexibility index (Phi) is 2.76. The van der Waals surface area contributed by atoms with Crippen molar-refractivity contribution in [1.82, 2.24) is 0 Å². The highest BCUT2D eigenvalue weighted by atomic mass is 32.1.